The number of nitrogens with zero attached hydrogens (tertiary/aromatic N) is 2. The number of hydrogen-bond acceptors (Lipinski definition) is 7. The van der Waals surface area contributed by atoms with Crippen molar-refractivity contribution in [2.75, 3.05) is 12.0 Å². The summed E-state index contributed by atoms with van der Waals surface area (Å²) < 4.78 is 10.3. The van der Waals surface area contributed by atoms with Crippen molar-refractivity contribution in [1.82, 2.24) is 4.98 Å². The average molecular weight is 426 g/mol. The van der Waals surface area contributed by atoms with Gasteiger partial charge in [0.15, 0.2) is 16.6 Å². The number of para-hydroxylation sites is 1. The number of carbonyl (C=O) groups excluding carboxylic acids is 2. The standard InChI is InChI=1S/C22H22N2O5S/c1-13-8-9-18(14(2)10-13)24(15(3)25)22-23-16(12-30-22)11-29-21(27)17-6-5-7-19(28-4)20(17)26/h5-10,12,26H,11H2,1-4H3. The Morgan fingerprint density at radius 3 is 2.63 bits per heavy atom. The van der Waals surface area contributed by atoms with Gasteiger partial charge in [0.1, 0.15) is 12.2 Å². The van der Waals surface area contributed by atoms with Crippen molar-refractivity contribution in [3.63, 3.8) is 0 Å². The number of phenolic OH excluding ortho intramolecular Hbond substituents is 1. The Labute approximate surface area is 178 Å². The normalized spacial score (nSPS) is 10.5. The summed E-state index contributed by atoms with van der Waals surface area (Å²) >= 11 is 1.28. The predicted molar refractivity (Wildman–Crippen MR) is 115 cm³/mol. The second-order valence-electron chi connectivity index (χ2n) is 6.70. The molecule has 0 aliphatic heterocycles. The Kier molecular flexibility index (Phi) is 6.37. The molecule has 3 aromatic rings. The lowest BCUT2D eigenvalue weighted by atomic mass is 10.1. The molecule has 30 heavy (non-hydrogen) atoms. The van der Waals surface area contributed by atoms with Crippen LogP contribution >= 0.6 is 11.3 Å². The molecular formula is C22H22N2O5S. The highest BCUT2D eigenvalue weighted by Gasteiger charge is 2.21. The van der Waals surface area contributed by atoms with Crippen molar-refractivity contribution < 1.29 is 24.2 Å². The SMILES string of the molecule is COc1cccc(C(=O)OCc2csc(N(C(C)=O)c3ccc(C)cc3C)n2)c1O. The van der Waals surface area contributed by atoms with Crippen LogP contribution in [-0.2, 0) is 16.1 Å². The molecule has 156 valence electrons. The molecule has 0 bridgehead atoms. The number of thiazole rings is 1. The van der Waals surface area contributed by atoms with Crippen LogP contribution in [0.15, 0.2) is 41.8 Å². The van der Waals surface area contributed by atoms with Crippen LogP contribution in [0.4, 0.5) is 10.8 Å². The molecule has 0 spiro atoms. The molecule has 3 rings (SSSR count). The van der Waals surface area contributed by atoms with Gasteiger partial charge in [-0.25, -0.2) is 9.78 Å². The van der Waals surface area contributed by atoms with Gasteiger partial charge in [0.25, 0.3) is 0 Å². The summed E-state index contributed by atoms with van der Waals surface area (Å²) in [6, 6.07) is 10.4. The van der Waals surface area contributed by atoms with Gasteiger partial charge in [-0.05, 0) is 37.6 Å². The smallest absolute Gasteiger partial charge is 0.342 e. The largest absolute Gasteiger partial charge is 0.504 e. The lowest BCUT2D eigenvalue weighted by Gasteiger charge is -2.20. The van der Waals surface area contributed by atoms with Crippen LogP contribution < -0.4 is 9.64 Å². The van der Waals surface area contributed by atoms with Crippen molar-refractivity contribution >= 4 is 34.0 Å². The number of esters is 1. The third-order valence-corrected chi connectivity index (χ3v) is 5.30. The van der Waals surface area contributed by atoms with Gasteiger partial charge in [0.05, 0.1) is 18.5 Å². The predicted octanol–water partition coefficient (Wildman–Crippen LogP) is 4.52. The number of rotatable bonds is 6. The summed E-state index contributed by atoms with van der Waals surface area (Å²) in [4.78, 5) is 30.6. The van der Waals surface area contributed by atoms with Gasteiger partial charge in [-0.15, -0.1) is 11.3 Å². The van der Waals surface area contributed by atoms with E-state index in [1.807, 2.05) is 32.0 Å². The minimum absolute atomic E-state index is 0.00504. The maximum absolute atomic E-state index is 12.3. The first-order valence-electron chi connectivity index (χ1n) is 9.17. The molecule has 0 aliphatic rings. The highest BCUT2D eigenvalue weighted by Crippen LogP contribution is 2.33. The minimum Gasteiger partial charge on any atom is -0.504 e. The quantitative estimate of drug-likeness (QED) is 0.583. The van der Waals surface area contributed by atoms with Gasteiger partial charge in [-0.2, -0.15) is 0 Å². The molecule has 1 N–H and O–H groups in total. The molecule has 0 fully saturated rings. The number of ether oxygens (including phenoxy) is 2. The van der Waals surface area contributed by atoms with E-state index in [-0.39, 0.29) is 29.6 Å². The van der Waals surface area contributed by atoms with E-state index in [2.05, 4.69) is 4.98 Å². The van der Waals surface area contributed by atoms with Gasteiger partial charge in [-0.3, -0.25) is 9.69 Å². The molecular weight excluding hydrogens is 404 g/mol. The van der Waals surface area contributed by atoms with Crippen molar-refractivity contribution in [2.24, 2.45) is 0 Å². The van der Waals surface area contributed by atoms with Crippen molar-refractivity contribution in [2.45, 2.75) is 27.4 Å². The maximum atomic E-state index is 12.3. The van der Waals surface area contributed by atoms with Crippen LogP contribution in [-0.4, -0.2) is 29.1 Å². The molecule has 0 atom stereocenters. The first-order chi connectivity index (χ1) is 14.3. The zero-order valence-corrected chi connectivity index (χ0v) is 17.9. The zero-order valence-electron chi connectivity index (χ0n) is 17.1. The molecule has 0 radical (unpaired) electrons. The minimum atomic E-state index is -0.696. The summed E-state index contributed by atoms with van der Waals surface area (Å²) in [5, 5.41) is 12.3. The highest BCUT2D eigenvalue weighted by atomic mass is 32.1. The molecule has 2 aromatic carbocycles. The summed E-state index contributed by atoms with van der Waals surface area (Å²) in [6.07, 6.45) is 0. The number of amides is 1. The van der Waals surface area contributed by atoms with Crippen molar-refractivity contribution in [1.29, 1.82) is 0 Å². The second kappa shape index (κ2) is 8.96. The lowest BCUT2D eigenvalue weighted by molar-refractivity contribution is -0.115. The molecule has 0 saturated heterocycles. The van der Waals surface area contributed by atoms with Gasteiger partial charge in [-0.1, -0.05) is 23.8 Å². The monoisotopic (exact) mass is 426 g/mol. The van der Waals surface area contributed by atoms with Gasteiger partial charge in [0.2, 0.25) is 5.91 Å². The summed E-state index contributed by atoms with van der Waals surface area (Å²) in [6.45, 7) is 5.32. The van der Waals surface area contributed by atoms with Crippen molar-refractivity contribution in [3.05, 3.63) is 64.2 Å². The van der Waals surface area contributed by atoms with Crippen LogP contribution in [0.1, 0.15) is 34.1 Å². The molecule has 1 aromatic heterocycles. The van der Waals surface area contributed by atoms with Crippen LogP contribution in [0, 0.1) is 13.8 Å². The summed E-state index contributed by atoms with van der Waals surface area (Å²) in [7, 11) is 1.40. The Morgan fingerprint density at radius 1 is 1.20 bits per heavy atom. The van der Waals surface area contributed by atoms with E-state index in [9.17, 15) is 14.7 Å². The van der Waals surface area contributed by atoms with E-state index in [4.69, 9.17) is 9.47 Å². The van der Waals surface area contributed by atoms with Crippen LogP contribution in [0.2, 0.25) is 0 Å². The zero-order chi connectivity index (χ0) is 21.8. The van der Waals surface area contributed by atoms with E-state index in [0.717, 1.165) is 16.8 Å². The number of aromatic nitrogens is 1. The fraction of sp³-hybridized carbons (Fsp3) is 0.227. The van der Waals surface area contributed by atoms with Crippen molar-refractivity contribution in [3.8, 4) is 11.5 Å². The fourth-order valence-corrected chi connectivity index (χ4v) is 3.86. The average Bonchev–Trinajstić information content (AvgIpc) is 3.16. The third kappa shape index (κ3) is 4.44. The molecule has 1 heterocycles. The Morgan fingerprint density at radius 2 is 1.97 bits per heavy atom. The Bertz CT molecular complexity index is 1090. The lowest BCUT2D eigenvalue weighted by Crippen LogP contribution is -2.23. The topological polar surface area (TPSA) is 89.0 Å². The van der Waals surface area contributed by atoms with Crippen LogP contribution in [0.3, 0.4) is 0 Å². The molecule has 7 nitrogen and oxygen atoms in total. The molecule has 0 unspecified atom stereocenters. The molecule has 0 aliphatic carbocycles. The molecule has 1 amide bonds. The first kappa shape index (κ1) is 21.3. The van der Waals surface area contributed by atoms with E-state index in [1.54, 1.807) is 22.4 Å². The van der Waals surface area contributed by atoms with Crippen LogP contribution in [0.5, 0.6) is 11.5 Å². The molecule has 8 heteroatoms. The van der Waals surface area contributed by atoms with E-state index in [1.165, 1.54) is 31.4 Å². The maximum Gasteiger partial charge on any atom is 0.342 e. The number of hydrogen-bond donors (Lipinski definition) is 1. The Hall–Kier alpha value is -3.39. The van der Waals surface area contributed by atoms with E-state index >= 15 is 0 Å². The van der Waals surface area contributed by atoms with Gasteiger partial charge in [0, 0.05) is 12.3 Å². The number of aromatic hydroxyl groups is 1. The fourth-order valence-electron chi connectivity index (χ4n) is 3.00. The summed E-state index contributed by atoms with van der Waals surface area (Å²) in [5.41, 5.74) is 3.33. The number of phenols is 1. The highest BCUT2D eigenvalue weighted by molar-refractivity contribution is 7.14. The van der Waals surface area contributed by atoms with Crippen LogP contribution in [0.25, 0.3) is 0 Å². The Balaban J connectivity index is 1.77. The number of benzene rings is 2. The summed E-state index contributed by atoms with van der Waals surface area (Å²) in [5.74, 6) is -0.951. The van der Waals surface area contributed by atoms with Gasteiger partial charge < -0.3 is 14.6 Å². The van der Waals surface area contributed by atoms with E-state index in [0.29, 0.717) is 10.8 Å². The number of carbonyl (C=O) groups is 2. The second-order valence-corrected chi connectivity index (χ2v) is 7.53. The third-order valence-electron chi connectivity index (χ3n) is 4.43. The number of methoxy groups -OCH3 is 1. The van der Waals surface area contributed by atoms with Gasteiger partial charge >= 0.3 is 5.97 Å². The van der Waals surface area contributed by atoms with E-state index < -0.39 is 5.97 Å². The molecule has 0 saturated carbocycles. The number of aryl methyl sites for hydroxylation is 2. The first-order valence-corrected chi connectivity index (χ1v) is 10.0. The number of anilines is 2.